The Balaban J connectivity index is 1.60. The molecule has 0 bridgehead atoms. The molecule has 0 aliphatic carbocycles. The summed E-state index contributed by atoms with van der Waals surface area (Å²) in [4.78, 5) is 26.4. The second-order valence-electron chi connectivity index (χ2n) is 6.15. The first-order valence-corrected chi connectivity index (χ1v) is 8.48. The van der Waals surface area contributed by atoms with Crippen LogP contribution in [0.15, 0.2) is 48.5 Å². The highest BCUT2D eigenvalue weighted by molar-refractivity contribution is 6.04. The van der Waals surface area contributed by atoms with Crippen molar-refractivity contribution in [3.63, 3.8) is 0 Å². The molecule has 1 heterocycles. The zero-order chi connectivity index (χ0) is 17.6. The fourth-order valence-electron chi connectivity index (χ4n) is 2.93. The largest absolute Gasteiger partial charge is 0.497 e. The second-order valence-corrected chi connectivity index (χ2v) is 6.15. The third-order valence-corrected chi connectivity index (χ3v) is 4.36. The topological polar surface area (TPSA) is 58.6 Å². The van der Waals surface area contributed by atoms with Crippen LogP contribution >= 0.6 is 0 Å². The van der Waals surface area contributed by atoms with Crippen LogP contribution in [0.4, 0.5) is 5.69 Å². The highest BCUT2D eigenvalue weighted by Crippen LogP contribution is 2.16. The quantitative estimate of drug-likeness (QED) is 0.911. The van der Waals surface area contributed by atoms with Gasteiger partial charge in [-0.1, -0.05) is 18.2 Å². The van der Waals surface area contributed by atoms with Gasteiger partial charge in [0.1, 0.15) is 5.75 Å². The molecule has 0 spiro atoms. The van der Waals surface area contributed by atoms with Gasteiger partial charge in [0.05, 0.1) is 13.5 Å². The van der Waals surface area contributed by atoms with Crippen LogP contribution in [0.1, 0.15) is 28.8 Å². The van der Waals surface area contributed by atoms with Crippen molar-refractivity contribution in [1.82, 2.24) is 4.90 Å². The van der Waals surface area contributed by atoms with Crippen molar-refractivity contribution >= 4 is 17.5 Å². The minimum atomic E-state index is -0.195. The molecule has 0 atom stereocenters. The SMILES string of the molecule is COc1cccc(C(=O)Nc2ccc(CC(=O)N3CCCC3)cc2)c1. The fourth-order valence-corrected chi connectivity index (χ4v) is 2.93. The Bertz CT molecular complexity index is 750. The Kier molecular flexibility index (Phi) is 5.33. The normalized spacial score (nSPS) is 13.6. The summed E-state index contributed by atoms with van der Waals surface area (Å²) in [6.07, 6.45) is 2.60. The number of benzene rings is 2. The van der Waals surface area contributed by atoms with Crippen LogP contribution in [-0.2, 0) is 11.2 Å². The van der Waals surface area contributed by atoms with Crippen molar-refractivity contribution in [1.29, 1.82) is 0 Å². The van der Waals surface area contributed by atoms with Crippen molar-refractivity contribution in [2.75, 3.05) is 25.5 Å². The molecule has 5 nitrogen and oxygen atoms in total. The Morgan fingerprint density at radius 2 is 1.80 bits per heavy atom. The molecule has 1 N–H and O–H groups in total. The Morgan fingerprint density at radius 3 is 2.48 bits per heavy atom. The summed E-state index contributed by atoms with van der Waals surface area (Å²) in [5, 5.41) is 2.86. The molecule has 0 saturated carbocycles. The number of nitrogens with zero attached hydrogens (tertiary/aromatic N) is 1. The number of likely N-dealkylation sites (tertiary alicyclic amines) is 1. The van der Waals surface area contributed by atoms with Gasteiger partial charge in [-0.2, -0.15) is 0 Å². The number of carbonyl (C=O) groups is 2. The lowest BCUT2D eigenvalue weighted by molar-refractivity contribution is -0.129. The lowest BCUT2D eigenvalue weighted by Crippen LogP contribution is -2.29. The number of rotatable bonds is 5. The van der Waals surface area contributed by atoms with Gasteiger partial charge < -0.3 is 15.0 Å². The van der Waals surface area contributed by atoms with E-state index in [1.165, 1.54) is 0 Å². The van der Waals surface area contributed by atoms with Crippen LogP contribution in [0.5, 0.6) is 5.75 Å². The molecule has 2 amide bonds. The van der Waals surface area contributed by atoms with E-state index >= 15 is 0 Å². The molecule has 1 aliphatic heterocycles. The summed E-state index contributed by atoms with van der Waals surface area (Å²) >= 11 is 0. The lowest BCUT2D eigenvalue weighted by Gasteiger charge is -2.15. The van der Waals surface area contributed by atoms with Crippen molar-refractivity contribution in [3.8, 4) is 5.75 Å². The number of carbonyl (C=O) groups excluding carboxylic acids is 2. The summed E-state index contributed by atoms with van der Waals surface area (Å²) in [5.41, 5.74) is 2.19. The van der Waals surface area contributed by atoms with Gasteiger partial charge in [-0.3, -0.25) is 9.59 Å². The summed E-state index contributed by atoms with van der Waals surface area (Å²) in [5.74, 6) is 0.619. The van der Waals surface area contributed by atoms with Crippen LogP contribution in [0.3, 0.4) is 0 Å². The van der Waals surface area contributed by atoms with Gasteiger partial charge in [-0.15, -0.1) is 0 Å². The fraction of sp³-hybridized carbons (Fsp3) is 0.300. The van der Waals surface area contributed by atoms with Gasteiger partial charge in [0.25, 0.3) is 5.91 Å². The molecule has 0 unspecified atom stereocenters. The van der Waals surface area contributed by atoms with E-state index in [0.717, 1.165) is 31.5 Å². The molecule has 1 fully saturated rings. The second kappa shape index (κ2) is 7.83. The Morgan fingerprint density at radius 1 is 1.08 bits per heavy atom. The van der Waals surface area contributed by atoms with E-state index in [9.17, 15) is 9.59 Å². The molecule has 1 aliphatic rings. The maximum Gasteiger partial charge on any atom is 0.255 e. The summed E-state index contributed by atoms with van der Waals surface area (Å²) in [6, 6.07) is 14.4. The lowest BCUT2D eigenvalue weighted by atomic mass is 10.1. The van der Waals surface area contributed by atoms with Gasteiger partial charge >= 0.3 is 0 Å². The van der Waals surface area contributed by atoms with E-state index in [2.05, 4.69) is 5.32 Å². The Labute approximate surface area is 147 Å². The zero-order valence-electron chi connectivity index (χ0n) is 14.3. The molecule has 0 aromatic heterocycles. The molecular weight excluding hydrogens is 316 g/mol. The van der Waals surface area contributed by atoms with E-state index in [0.29, 0.717) is 23.4 Å². The van der Waals surface area contributed by atoms with Crippen molar-refractivity contribution < 1.29 is 14.3 Å². The van der Waals surface area contributed by atoms with E-state index in [1.54, 1.807) is 31.4 Å². The number of amides is 2. The monoisotopic (exact) mass is 338 g/mol. The molecule has 0 radical (unpaired) electrons. The first kappa shape index (κ1) is 17.0. The molecule has 25 heavy (non-hydrogen) atoms. The van der Waals surface area contributed by atoms with Gasteiger partial charge in [0.2, 0.25) is 5.91 Å². The molecule has 130 valence electrons. The van der Waals surface area contributed by atoms with E-state index in [1.807, 2.05) is 29.2 Å². The summed E-state index contributed by atoms with van der Waals surface area (Å²) < 4.78 is 5.13. The molecule has 1 saturated heterocycles. The maximum atomic E-state index is 12.3. The van der Waals surface area contributed by atoms with Crippen LogP contribution in [0, 0.1) is 0 Å². The third kappa shape index (κ3) is 4.38. The number of hydrogen-bond donors (Lipinski definition) is 1. The predicted molar refractivity (Wildman–Crippen MR) is 96.9 cm³/mol. The minimum absolute atomic E-state index is 0.172. The molecule has 3 rings (SSSR count). The standard InChI is InChI=1S/C20H22N2O3/c1-25-18-6-4-5-16(14-18)20(24)21-17-9-7-15(8-10-17)13-19(23)22-11-2-3-12-22/h4-10,14H,2-3,11-13H2,1H3,(H,21,24). The van der Waals surface area contributed by atoms with Gasteiger partial charge in [-0.25, -0.2) is 0 Å². The van der Waals surface area contributed by atoms with Crippen LogP contribution < -0.4 is 10.1 Å². The van der Waals surface area contributed by atoms with E-state index in [-0.39, 0.29) is 11.8 Å². The first-order chi connectivity index (χ1) is 12.2. The molecule has 2 aromatic rings. The molecule has 2 aromatic carbocycles. The predicted octanol–water partition coefficient (Wildman–Crippen LogP) is 3.11. The van der Waals surface area contributed by atoms with Crippen LogP contribution in [0.2, 0.25) is 0 Å². The van der Waals surface area contributed by atoms with E-state index < -0.39 is 0 Å². The average Bonchev–Trinajstić information content (AvgIpc) is 3.18. The van der Waals surface area contributed by atoms with Crippen molar-refractivity contribution in [2.45, 2.75) is 19.3 Å². The highest BCUT2D eigenvalue weighted by atomic mass is 16.5. The van der Waals surface area contributed by atoms with Gasteiger partial charge in [0, 0.05) is 24.3 Å². The Hall–Kier alpha value is -2.82. The van der Waals surface area contributed by atoms with Crippen LogP contribution in [-0.4, -0.2) is 36.9 Å². The minimum Gasteiger partial charge on any atom is -0.497 e. The average molecular weight is 338 g/mol. The number of nitrogens with one attached hydrogen (secondary N) is 1. The third-order valence-electron chi connectivity index (χ3n) is 4.36. The summed E-state index contributed by atoms with van der Waals surface area (Å²) in [6.45, 7) is 1.74. The van der Waals surface area contributed by atoms with Crippen LogP contribution in [0.25, 0.3) is 0 Å². The van der Waals surface area contributed by atoms with Crippen molar-refractivity contribution in [3.05, 3.63) is 59.7 Å². The number of ether oxygens (including phenoxy) is 1. The smallest absolute Gasteiger partial charge is 0.255 e. The molecular formula is C20H22N2O3. The number of anilines is 1. The number of methoxy groups -OCH3 is 1. The van der Waals surface area contributed by atoms with E-state index in [4.69, 9.17) is 4.74 Å². The van der Waals surface area contributed by atoms with Gasteiger partial charge in [-0.05, 0) is 48.7 Å². The molecule has 5 heteroatoms. The van der Waals surface area contributed by atoms with Gasteiger partial charge in [0.15, 0.2) is 0 Å². The first-order valence-electron chi connectivity index (χ1n) is 8.48. The number of hydrogen-bond acceptors (Lipinski definition) is 3. The highest BCUT2D eigenvalue weighted by Gasteiger charge is 2.17. The van der Waals surface area contributed by atoms with Crippen molar-refractivity contribution in [2.24, 2.45) is 0 Å². The summed E-state index contributed by atoms with van der Waals surface area (Å²) in [7, 11) is 1.57. The zero-order valence-corrected chi connectivity index (χ0v) is 14.3. The maximum absolute atomic E-state index is 12.3.